The van der Waals surface area contributed by atoms with Crippen molar-refractivity contribution in [2.45, 2.75) is 12.8 Å². The van der Waals surface area contributed by atoms with E-state index in [9.17, 15) is 4.21 Å². The maximum absolute atomic E-state index is 11.4. The van der Waals surface area contributed by atoms with Crippen molar-refractivity contribution in [1.29, 1.82) is 0 Å². The number of rotatable bonds is 0. The first kappa shape index (κ1) is 9.31. The van der Waals surface area contributed by atoms with E-state index in [1.54, 1.807) is 0 Å². The van der Waals surface area contributed by atoms with Crippen LogP contribution in [-0.4, -0.2) is 16.6 Å². The number of hydrogen-bond acceptors (Lipinski definition) is 2. The Hall–Kier alpha value is -0.930. The van der Waals surface area contributed by atoms with Gasteiger partial charge >= 0.3 is 0 Å². The Bertz CT molecular complexity index is 462. The highest BCUT2D eigenvalue weighted by Gasteiger charge is 2.24. The first-order chi connectivity index (χ1) is 7.34. The lowest BCUT2D eigenvalue weighted by atomic mass is 9.86. The largest absolute Gasteiger partial charge is 0.286 e. The molecule has 0 aromatic heterocycles. The molecule has 0 spiro atoms. The van der Waals surface area contributed by atoms with Crippen LogP contribution >= 0.6 is 0 Å². The van der Waals surface area contributed by atoms with Crippen LogP contribution in [0, 0.1) is 0 Å². The summed E-state index contributed by atoms with van der Waals surface area (Å²) in [4.78, 5) is 0. The molecule has 3 rings (SSSR count). The van der Waals surface area contributed by atoms with Crippen LogP contribution in [0.5, 0.6) is 0 Å². The lowest BCUT2D eigenvalue weighted by Crippen LogP contribution is -2.20. The van der Waals surface area contributed by atoms with Gasteiger partial charge in [0.05, 0.1) is 12.4 Å². The highest BCUT2D eigenvalue weighted by molar-refractivity contribution is 7.80. The van der Waals surface area contributed by atoms with Gasteiger partial charge in [-0.3, -0.25) is 4.18 Å². The van der Waals surface area contributed by atoms with Gasteiger partial charge < -0.3 is 0 Å². The second-order valence-corrected chi connectivity index (χ2v) is 5.08. The third-order valence-electron chi connectivity index (χ3n) is 3.09. The van der Waals surface area contributed by atoms with Crippen molar-refractivity contribution in [3.8, 4) is 0 Å². The Balaban J connectivity index is 2.13. The van der Waals surface area contributed by atoms with Crippen molar-refractivity contribution in [3.05, 3.63) is 41.0 Å². The van der Waals surface area contributed by atoms with E-state index in [0.29, 0.717) is 12.4 Å². The zero-order valence-corrected chi connectivity index (χ0v) is 9.18. The molecular weight excluding hydrogens is 208 g/mol. The van der Waals surface area contributed by atoms with Crippen LogP contribution in [0.4, 0.5) is 0 Å². The van der Waals surface area contributed by atoms with Crippen molar-refractivity contribution in [1.82, 2.24) is 0 Å². The third kappa shape index (κ3) is 1.56. The molecule has 1 aliphatic heterocycles. The van der Waals surface area contributed by atoms with E-state index >= 15 is 0 Å². The molecule has 0 amide bonds. The lowest BCUT2D eigenvalue weighted by Gasteiger charge is -2.26. The normalized spacial score (nSPS) is 24.7. The van der Waals surface area contributed by atoms with Crippen LogP contribution < -0.4 is 0 Å². The minimum absolute atomic E-state index is 0.552. The maximum Gasteiger partial charge on any atom is 0.160 e. The standard InChI is InChI=1S/C12H12O2S/c13-15-8-12-10(7-14-15)6-5-9-3-1-2-4-11(9)12/h1-4H,5-8H2. The zero-order valence-electron chi connectivity index (χ0n) is 8.36. The summed E-state index contributed by atoms with van der Waals surface area (Å²) >= 11 is -1.12. The van der Waals surface area contributed by atoms with Gasteiger partial charge in [-0.05, 0) is 35.1 Å². The number of aryl methyl sites for hydroxylation is 1. The van der Waals surface area contributed by atoms with Gasteiger partial charge in [0.2, 0.25) is 0 Å². The molecule has 1 unspecified atom stereocenters. The van der Waals surface area contributed by atoms with E-state index in [-0.39, 0.29) is 0 Å². The summed E-state index contributed by atoms with van der Waals surface area (Å²) in [5.74, 6) is 0.562. The number of benzene rings is 1. The minimum Gasteiger partial charge on any atom is -0.286 e. The smallest absolute Gasteiger partial charge is 0.160 e. The molecule has 0 N–H and O–H groups in total. The molecule has 1 aromatic rings. The monoisotopic (exact) mass is 220 g/mol. The van der Waals surface area contributed by atoms with Gasteiger partial charge in [0.15, 0.2) is 11.1 Å². The summed E-state index contributed by atoms with van der Waals surface area (Å²) in [7, 11) is 0. The summed E-state index contributed by atoms with van der Waals surface area (Å²) < 4.78 is 16.6. The fraction of sp³-hybridized carbons (Fsp3) is 0.333. The predicted molar refractivity (Wildman–Crippen MR) is 60.6 cm³/mol. The molecule has 2 aliphatic rings. The molecule has 0 bridgehead atoms. The van der Waals surface area contributed by atoms with Crippen LogP contribution in [0.25, 0.3) is 5.57 Å². The van der Waals surface area contributed by atoms with Gasteiger partial charge in [0.25, 0.3) is 0 Å². The Labute approximate surface area is 91.6 Å². The summed E-state index contributed by atoms with van der Waals surface area (Å²) in [6.45, 7) is 0.552. The van der Waals surface area contributed by atoms with Crippen LogP contribution in [-0.2, 0) is 21.7 Å². The van der Waals surface area contributed by atoms with Gasteiger partial charge in [-0.15, -0.1) is 0 Å². The third-order valence-corrected chi connectivity index (χ3v) is 4.00. The molecule has 1 aliphatic carbocycles. The molecule has 0 fully saturated rings. The van der Waals surface area contributed by atoms with E-state index in [1.807, 2.05) is 6.07 Å². The lowest BCUT2D eigenvalue weighted by molar-refractivity contribution is 0.374. The topological polar surface area (TPSA) is 26.3 Å². The molecular formula is C12H12O2S. The van der Waals surface area contributed by atoms with E-state index < -0.39 is 11.1 Å². The van der Waals surface area contributed by atoms with Gasteiger partial charge in [0.1, 0.15) is 0 Å². The molecule has 1 aromatic carbocycles. The van der Waals surface area contributed by atoms with Gasteiger partial charge in [-0.25, -0.2) is 4.21 Å². The zero-order chi connectivity index (χ0) is 10.3. The van der Waals surface area contributed by atoms with Crippen LogP contribution in [0.3, 0.4) is 0 Å². The van der Waals surface area contributed by atoms with Crippen LogP contribution in [0.15, 0.2) is 29.8 Å². The Morgan fingerprint density at radius 3 is 3.00 bits per heavy atom. The number of fused-ring (bicyclic) bond motifs is 2. The van der Waals surface area contributed by atoms with E-state index in [1.165, 1.54) is 22.3 Å². The average Bonchev–Trinajstić information content (AvgIpc) is 2.29. The molecule has 1 atom stereocenters. The highest BCUT2D eigenvalue weighted by atomic mass is 32.2. The molecule has 0 saturated carbocycles. The molecule has 1 heterocycles. The van der Waals surface area contributed by atoms with Gasteiger partial charge in [0, 0.05) is 0 Å². The van der Waals surface area contributed by atoms with Crippen molar-refractivity contribution in [2.75, 3.05) is 12.4 Å². The summed E-state index contributed by atoms with van der Waals surface area (Å²) in [6.07, 6.45) is 2.15. The van der Waals surface area contributed by atoms with Crippen molar-refractivity contribution in [3.63, 3.8) is 0 Å². The van der Waals surface area contributed by atoms with Crippen molar-refractivity contribution < 1.29 is 8.39 Å². The average molecular weight is 220 g/mol. The van der Waals surface area contributed by atoms with Crippen molar-refractivity contribution >= 4 is 16.7 Å². The number of hydrogen-bond donors (Lipinski definition) is 0. The van der Waals surface area contributed by atoms with E-state index in [4.69, 9.17) is 4.18 Å². The quantitative estimate of drug-likeness (QED) is 0.669. The van der Waals surface area contributed by atoms with Gasteiger partial charge in [-0.2, -0.15) is 0 Å². The fourth-order valence-corrected chi connectivity index (χ4v) is 3.25. The highest BCUT2D eigenvalue weighted by Crippen LogP contribution is 2.34. The predicted octanol–water partition coefficient (Wildman–Crippen LogP) is 2.08. The molecule has 2 nitrogen and oxygen atoms in total. The Morgan fingerprint density at radius 2 is 2.07 bits per heavy atom. The molecule has 3 heteroatoms. The Kier molecular flexibility index (Phi) is 2.22. The SMILES string of the molecule is O=S1CC2=C(CCc3ccccc32)CO1. The van der Waals surface area contributed by atoms with E-state index in [2.05, 4.69) is 18.2 Å². The molecule has 15 heavy (non-hydrogen) atoms. The molecule has 78 valence electrons. The minimum atomic E-state index is -1.12. The first-order valence-electron chi connectivity index (χ1n) is 5.15. The molecule has 0 saturated heterocycles. The Morgan fingerprint density at radius 1 is 1.20 bits per heavy atom. The van der Waals surface area contributed by atoms with E-state index in [0.717, 1.165) is 12.8 Å². The van der Waals surface area contributed by atoms with Crippen LogP contribution in [0.2, 0.25) is 0 Å². The van der Waals surface area contributed by atoms with Crippen molar-refractivity contribution in [2.24, 2.45) is 0 Å². The summed E-state index contributed by atoms with van der Waals surface area (Å²) in [5, 5.41) is 0. The van der Waals surface area contributed by atoms with Crippen LogP contribution in [0.1, 0.15) is 17.5 Å². The molecule has 0 radical (unpaired) electrons. The second-order valence-electron chi connectivity index (χ2n) is 3.95. The second kappa shape index (κ2) is 3.58. The maximum atomic E-state index is 11.4. The first-order valence-corrected chi connectivity index (χ1v) is 6.40. The van der Waals surface area contributed by atoms with Gasteiger partial charge in [-0.1, -0.05) is 24.3 Å². The summed E-state index contributed by atoms with van der Waals surface area (Å²) in [5.41, 5.74) is 5.28. The fourth-order valence-electron chi connectivity index (χ4n) is 2.30. The summed E-state index contributed by atoms with van der Waals surface area (Å²) in [6, 6.07) is 8.41.